The van der Waals surface area contributed by atoms with Gasteiger partial charge in [-0.05, 0) is 55.7 Å². The molecular weight excluding hydrogens is 286 g/mol. The number of carbonyl (C=O) groups excluding carboxylic acids is 1. The Morgan fingerprint density at radius 1 is 1.19 bits per heavy atom. The Labute approximate surface area is 129 Å². The van der Waals surface area contributed by atoms with Crippen molar-refractivity contribution in [3.63, 3.8) is 0 Å². The van der Waals surface area contributed by atoms with E-state index in [0.29, 0.717) is 10.8 Å². The van der Waals surface area contributed by atoms with E-state index in [4.69, 9.17) is 16.3 Å². The molecule has 0 aliphatic heterocycles. The molecule has 0 saturated heterocycles. The molecule has 0 spiro atoms. The lowest BCUT2D eigenvalue weighted by Crippen LogP contribution is -2.20. The zero-order chi connectivity index (χ0) is 15.4. The van der Waals surface area contributed by atoms with Crippen LogP contribution in [0.5, 0.6) is 5.75 Å². The quantitative estimate of drug-likeness (QED) is 0.915. The molecule has 4 heteroatoms. The molecule has 0 atom stereocenters. The molecule has 0 bridgehead atoms. The van der Waals surface area contributed by atoms with E-state index in [9.17, 15) is 4.79 Å². The SMILES string of the molecule is Cc1ccc(Cl)c(OCC(=O)Nc2cccc(C)c2C)c1. The fraction of sp³-hybridized carbons (Fsp3) is 0.235. The molecule has 1 amide bonds. The first-order chi connectivity index (χ1) is 9.97. The molecule has 0 heterocycles. The summed E-state index contributed by atoms with van der Waals surface area (Å²) in [5, 5.41) is 3.35. The van der Waals surface area contributed by atoms with Gasteiger partial charge < -0.3 is 10.1 Å². The zero-order valence-electron chi connectivity index (χ0n) is 12.4. The van der Waals surface area contributed by atoms with Crippen LogP contribution in [0.25, 0.3) is 0 Å². The van der Waals surface area contributed by atoms with Gasteiger partial charge in [0.2, 0.25) is 0 Å². The third-order valence-corrected chi connectivity index (χ3v) is 3.64. The van der Waals surface area contributed by atoms with Gasteiger partial charge in [0.05, 0.1) is 5.02 Å². The largest absolute Gasteiger partial charge is 0.482 e. The fourth-order valence-corrected chi connectivity index (χ4v) is 2.11. The predicted molar refractivity (Wildman–Crippen MR) is 86.2 cm³/mol. The van der Waals surface area contributed by atoms with Gasteiger partial charge in [0.25, 0.3) is 5.91 Å². The minimum atomic E-state index is -0.207. The highest BCUT2D eigenvalue weighted by molar-refractivity contribution is 6.32. The average Bonchev–Trinajstić information content (AvgIpc) is 2.45. The summed E-state index contributed by atoms with van der Waals surface area (Å²) >= 11 is 6.03. The first-order valence-corrected chi connectivity index (χ1v) is 7.10. The Hall–Kier alpha value is -2.00. The van der Waals surface area contributed by atoms with Crippen LogP contribution in [-0.4, -0.2) is 12.5 Å². The normalized spacial score (nSPS) is 10.3. The van der Waals surface area contributed by atoms with Gasteiger partial charge in [0.15, 0.2) is 6.61 Å². The molecule has 21 heavy (non-hydrogen) atoms. The van der Waals surface area contributed by atoms with Crippen LogP contribution < -0.4 is 10.1 Å². The van der Waals surface area contributed by atoms with Crippen LogP contribution in [-0.2, 0) is 4.79 Å². The minimum Gasteiger partial charge on any atom is -0.482 e. The maximum atomic E-state index is 12.0. The van der Waals surface area contributed by atoms with Crippen LogP contribution in [0.2, 0.25) is 5.02 Å². The maximum Gasteiger partial charge on any atom is 0.262 e. The predicted octanol–water partition coefficient (Wildman–Crippen LogP) is 4.28. The van der Waals surface area contributed by atoms with E-state index in [1.165, 1.54) is 0 Å². The van der Waals surface area contributed by atoms with E-state index >= 15 is 0 Å². The van der Waals surface area contributed by atoms with Gasteiger partial charge in [-0.3, -0.25) is 4.79 Å². The standard InChI is InChI=1S/C17H18ClNO2/c1-11-7-8-14(18)16(9-11)21-10-17(20)19-15-6-4-5-12(2)13(15)3/h4-9H,10H2,1-3H3,(H,19,20). The molecule has 2 aromatic rings. The maximum absolute atomic E-state index is 12.0. The third-order valence-electron chi connectivity index (χ3n) is 3.32. The van der Waals surface area contributed by atoms with Gasteiger partial charge in [-0.1, -0.05) is 29.8 Å². The Kier molecular flexibility index (Phi) is 4.86. The highest BCUT2D eigenvalue weighted by Gasteiger charge is 2.08. The molecule has 3 nitrogen and oxygen atoms in total. The summed E-state index contributed by atoms with van der Waals surface area (Å²) in [5.41, 5.74) is 4.03. The van der Waals surface area contributed by atoms with E-state index in [1.54, 1.807) is 6.07 Å². The molecule has 0 radical (unpaired) electrons. The van der Waals surface area contributed by atoms with Crippen molar-refractivity contribution in [3.05, 3.63) is 58.1 Å². The monoisotopic (exact) mass is 303 g/mol. The Bertz CT molecular complexity index is 668. The summed E-state index contributed by atoms with van der Waals surface area (Å²) in [7, 11) is 0. The van der Waals surface area contributed by atoms with Crippen molar-refractivity contribution in [3.8, 4) is 5.75 Å². The molecule has 0 fully saturated rings. The average molecular weight is 304 g/mol. The Morgan fingerprint density at radius 3 is 2.71 bits per heavy atom. The molecule has 2 rings (SSSR count). The van der Waals surface area contributed by atoms with E-state index in [2.05, 4.69) is 5.32 Å². The van der Waals surface area contributed by atoms with Crippen molar-refractivity contribution in [1.82, 2.24) is 0 Å². The Morgan fingerprint density at radius 2 is 1.95 bits per heavy atom. The number of hydrogen-bond acceptors (Lipinski definition) is 2. The van der Waals surface area contributed by atoms with Gasteiger partial charge in [0, 0.05) is 5.69 Å². The van der Waals surface area contributed by atoms with Gasteiger partial charge in [-0.2, -0.15) is 0 Å². The molecular formula is C17H18ClNO2. The van der Waals surface area contributed by atoms with Crippen LogP contribution in [0.3, 0.4) is 0 Å². The van der Waals surface area contributed by atoms with Crippen LogP contribution >= 0.6 is 11.6 Å². The van der Waals surface area contributed by atoms with Crippen LogP contribution in [0.15, 0.2) is 36.4 Å². The van der Waals surface area contributed by atoms with Gasteiger partial charge in [0.1, 0.15) is 5.75 Å². The zero-order valence-corrected chi connectivity index (χ0v) is 13.1. The molecule has 0 unspecified atom stereocenters. The van der Waals surface area contributed by atoms with E-state index in [0.717, 1.165) is 22.4 Å². The summed E-state index contributed by atoms with van der Waals surface area (Å²) in [6, 6.07) is 11.3. The highest BCUT2D eigenvalue weighted by Crippen LogP contribution is 2.25. The summed E-state index contributed by atoms with van der Waals surface area (Å²) in [5.74, 6) is 0.314. The van der Waals surface area contributed by atoms with E-state index in [1.807, 2.05) is 51.1 Å². The summed E-state index contributed by atoms with van der Waals surface area (Å²) < 4.78 is 5.48. The topological polar surface area (TPSA) is 38.3 Å². The highest BCUT2D eigenvalue weighted by atomic mass is 35.5. The van der Waals surface area contributed by atoms with Gasteiger partial charge >= 0.3 is 0 Å². The number of rotatable bonds is 4. The molecule has 0 saturated carbocycles. The minimum absolute atomic E-state index is 0.0729. The number of halogens is 1. The third kappa shape index (κ3) is 3.99. The van der Waals surface area contributed by atoms with E-state index < -0.39 is 0 Å². The number of ether oxygens (including phenoxy) is 1. The summed E-state index contributed by atoms with van der Waals surface area (Å²) in [6.45, 7) is 5.85. The first kappa shape index (κ1) is 15.4. The molecule has 0 aliphatic carbocycles. The first-order valence-electron chi connectivity index (χ1n) is 6.72. The second kappa shape index (κ2) is 6.64. The van der Waals surface area contributed by atoms with Crippen LogP contribution in [0.4, 0.5) is 5.69 Å². The van der Waals surface area contributed by atoms with Crippen molar-refractivity contribution < 1.29 is 9.53 Å². The lowest BCUT2D eigenvalue weighted by Gasteiger charge is -2.12. The Balaban J connectivity index is 1.99. The molecule has 2 aromatic carbocycles. The second-order valence-electron chi connectivity index (χ2n) is 5.02. The number of amides is 1. The van der Waals surface area contributed by atoms with Crippen molar-refractivity contribution in [2.75, 3.05) is 11.9 Å². The van der Waals surface area contributed by atoms with Crippen molar-refractivity contribution >= 4 is 23.2 Å². The summed E-state index contributed by atoms with van der Waals surface area (Å²) in [4.78, 5) is 12.0. The number of hydrogen-bond donors (Lipinski definition) is 1. The van der Waals surface area contributed by atoms with Gasteiger partial charge in [-0.25, -0.2) is 0 Å². The number of carbonyl (C=O) groups is 1. The van der Waals surface area contributed by atoms with Crippen molar-refractivity contribution in [1.29, 1.82) is 0 Å². The van der Waals surface area contributed by atoms with Gasteiger partial charge in [-0.15, -0.1) is 0 Å². The number of aryl methyl sites for hydroxylation is 2. The summed E-state index contributed by atoms with van der Waals surface area (Å²) in [6.07, 6.45) is 0. The van der Waals surface area contributed by atoms with Crippen molar-refractivity contribution in [2.24, 2.45) is 0 Å². The van der Waals surface area contributed by atoms with Crippen LogP contribution in [0, 0.1) is 20.8 Å². The lowest BCUT2D eigenvalue weighted by atomic mass is 10.1. The lowest BCUT2D eigenvalue weighted by molar-refractivity contribution is -0.118. The molecule has 0 aliphatic rings. The van der Waals surface area contributed by atoms with Crippen LogP contribution in [0.1, 0.15) is 16.7 Å². The second-order valence-corrected chi connectivity index (χ2v) is 5.43. The molecule has 1 N–H and O–H groups in total. The molecule has 110 valence electrons. The van der Waals surface area contributed by atoms with Crippen molar-refractivity contribution in [2.45, 2.75) is 20.8 Å². The van der Waals surface area contributed by atoms with E-state index in [-0.39, 0.29) is 12.5 Å². The number of benzene rings is 2. The number of nitrogens with one attached hydrogen (secondary N) is 1. The fourth-order valence-electron chi connectivity index (χ4n) is 1.94. The number of anilines is 1. The molecule has 0 aromatic heterocycles. The smallest absolute Gasteiger partial charge is 0.262 e.